The summed E-state index contributed by atoms with van der Waals surface area (Å²) in [6.45, 7) is 2.94. The summed E-state index contributed by atoms with van der Waals surface area (Å²) in [5.41, 5.74) is 1.23. The van der Waals surface area contributed by atoms with Crippen LogP contribution in [0.4, 0.5) is 5.69 Å². The van der Waals surface area contributed by atoms with Gasteiger partial charge in [0.2, 0.25) is 0 Å². The molecule has 0 radical (unpaired) electrons. The quantitative estimate of drug-likeness (QED) is 0.411. The molecule has 1 aromatic heterocycles. The van der Waals surface area contributed by atoms with Crippen molar-refractivity contribution in [1.82, 2.24) is 14.0 Å². The number of aryl methyl sites for hydroxylation is 1. The third-order valence-electron chi connectivity index (χ3n) is 5.01. The molecule has 0 bridgehead atoms. The predicted octanol–water partition coefficient (Wildman–Crippen LogP) is 1.12. The predicted molar refractivity (Wildman–Crippen MR) is 110 cm³/mol. The molecule has 0 fully saturated rings. The van der Waals surface area contributed by atoms with Gasteiger partial charge < -0.3 is 14.2 Å². The second-order valence-corrected chi connectivity index (χ2v) is 6.99. The van der Waals surface area contributed by atoms with Crippen LogP contribution in [0.1, 0.15) is 17.7 Å². The molecule has 0 atom stereocenters. The first kappa shape index (κ1) is 22.5. The fourth-order valence-electron chi connectivity index (χ4n) is 3.13. The minimum atomic E-state index is -0.404. The van der Waals surface area contributed by atoms with Gasteiger partial charge >= 0.3 is 5.69 Å². The van der Waals surface area contributed by atoms with E-state index < -0.39 is 4.92 Å². The highest BCUT2D eigenvalue weighted by Crippen LogP contribution is 2.12. The van der Waals surface area contributed by atoms with Crippen LogP contribution in [0.15, 0.2) is 39.9 Å². The lowest BCUT2D eigenvalue weighted by Crippen LogP contribution is -2.38. The second kappa shape index (κ2) is 10.7. The van der Waals surface area contributed by atoms with Gasteiger partial charge in [-0.3, -0.25) is 19.5 Å². The molecule has 0 saturated heterocycles. The number of aromatic nitrogens is 2. The van der Waals surface area contributed by atoms with E-state index in [1.54, 1.807) is 26.3 Å². The molecule has 0 N–H and O–H groups in total. The van der Waals surface area contributed by atoms with Crippen molar-refractivity contribution >= 4 is 5.69 Å². The van der Waals surface area contributed by atoms with Gasteiger partial charge in [0.25, 0.3) is 11.2 Å². The van der Waals surface area contributed by atoms with E-state index in [0.717, 1.165) is 48.3 Å². The van der Waals surface area contributed by atoms with Crippen molar-refractivity contribution in [3.8, 4) is 0 Å². The zero-order valence-corrected chi connectivity index (χ0v) is 17.2. The Labute approximate surface area is 169 Å². The first-order valence-corrected chi connectivity index (χ1v) is 9.54. The van der Waals surface area contributed by atoms with Gasteiger partial charge in [-0.05, 0) is 31.4 Å². The number of rotatable bonds is 11. The normalized spacial score (nSPS) is 11.2. The standard InChI is InChI=1S/C20H28N4O5/c1-21-18(15-19(25)22(2)20(21)26)5-4-11-23(13-14-29-3)12-10-16-6-8-17(9-7-16)24(27)28/h6-9,15H,4-5,10-14H2,1-3H3. The molecule has 29 heavy (non-hydrogen) atoms. The van der Waals surface area contributed by atoms with Gasteiger partial charge in [-0.15, -0.1) is 0 Å². The smallest absolute Gasteiger partial charge is 0.330 e. The van der Waals surface area contributed by atoms with E-state index in [1.165, 1.54) is 29.8 Å². The van der Waals surface area contributed by atoms with Crippen LogP contribution >= 0.6 is 0 Å². The number of nitro groups is 1. The van der Waals surface area contributed by atoms with Crippen LogP contribution in [0, 0.1) is 10.1 Å². The molecule has 1 heterocycles. The van der Waals surface area contributed by atoms with Gasteiger partial charge in [0.05, 0.1) is 11.5 Å². The van der Waals surface area contributed by atoms with Crippen LogP contribution in [0.2, 0.25) is 0 Å². The minimum absolute atomic E-state index is 0.0876. The largest absolute Gasteiger partial charge is 0.383 e. The maximum Gasteiger partial charge on any atom is 0.330 e. The van der Waals surface area contributed by atoms with Crippen LogP contribution in [0.5, 0.6) is 0 Å². The Balaban J connectivity index is 1.94. The van der Waals surface area contributed by atoms with Crippen molar-refractivity contribution in [3.63, 3.8) is 0 Å². The number of methoxy groups -OCH3 is 1. The van der Waals surface area contributed by atoms with Crippen LogP contribution in [-0.2, 0) is 31.7 Å². The molecular formula is C20H28N4O5. The Morgan fingerprint density at radius 2 is 1.72 bits per heavy atom. The molecule has 0 aliphatic rings. The molecule has 0 aliphatic carbocycles. The fourth-order valence-corrected chi connectivity index (χ4v) is 3.13. The van der Waals surface area contributed by atoms with Gasteiger partial charge in [-0.2, -0.15) is 0 Å². The second-order valence-electron chi connectivity index (χ2n) is 6.99. The molecule has 2 rings (SSSR count). The van der Waals surface area contributed by atoms with Crippen LogP contribution in [-0.4, -0.2) is 52.3 Å². The summed E-state index contributed by atoms with van der Waals surface area (Å²) in [6, 6.07) is 8.11. The Hall–Kier alpha value is -2.78. The van der Waals surface area contributed by atoms with Gasteiger partial charge in [0.1, 0.15) is 0 Å². The topological polar surface area (TPSA) is 99.6 Å². The molecule has 0 amide bonds. The number of benzene rings is 1. The number of non-ortho nitro benzene ring substituents is 1. The van der Waals surface area contributed by atoms with E-state index >= 15 is 0 Å². The molecule has 0 aliphatic heterocycles. The third kappa shape index (κ3) is 6.37. The van der Waals surface area contributed by atoms with E-state index in [4.69, 9.17) is 4.74 Å². The van der Waals surface area contributed by atoms with Crippen molar-refractivity contribution in [2.24, 2.45) is 14.1 Å². The molecule has 0 unspecified atom stereocenters. The van der Waals surface area contributed by atoms with Crippen molar-refractivity contribution in [3.05, 3.63) is 72.5 Å². The molecule has 0 spiro atoms. The zero-order valence-electron chi connectivity index (χ0n) is 17.2. The first-order valence-electron chi connectivity index (χ1n) is 9.54. The molecule has 1 aromatic carbocycles. The van der Waals surface area contributed by atoms with Gasteiger partial charge in [0.15, 0.2) is 0 Å². The highest BCUT2D eigenvalue weighted by Gasteiger charge is 2.10. The van der Waals surface area contributed by atoms with E-state index in [-0.39, 0.29) is 16.9 Å². The maximum absolute atomic E-state index is 12.0. The molecular weight excluding hydrogens is 376 g/mol. The van der Waals surface area contributed by atoms with Crippen LogP contribution < -0.4 is 11.2 Å². The summed E-state index contributed by atoms with van der Waals surface area (Å²) < 4.78 is 7.80. The Morgan fingerprint density at radius 3 is 2.34 bits per heavy atom. The first-order chi connectivity index (χ1) is 13.8. The van der Waals surface area contributed by atoms with Gasteiger partial charge in [-0.1, -0.05) is 12.1 Å². The number of nitro benzene ring substituents is 1. The average Bonchev–Trinajstić information content (AvgIpc) is 2.71. The lowest BCUT2D eigenvalue weighted by molar-refractivity contribution is -0.384. The minimum Gasteiger partial charge on any atom is -0.383 e. The van der Waals surface area contributed by atoms with E-state index in [1.807, 2.05) is 0 Å². The van der Waals surface area contributed by atoms with Gasteiger partial charge in [-0.25, -0.2) is 4.79 Å². The molecule has 0 saturated carbocycles. The summed E-state index contributed by atoms with van der Waals surface area (Å²) >= 11 is 0. The van der Waals surface area contributed by atoms with E-state index in [0.29, 0.717) is 13.0 Å². The maximum atomic E-state index is 12.0. The average molecular weight is 404 g/mol. The van der Waals surface area contributed by atoms with Crippen molar-refractivity contribution in [2.75, 3.05) is 33.4 Å². The monoisotopic (exact) mass is 404 g/mol. The Bertz CT molecular complexity index is 933. The van der Waals surface area contributed by atoms with Crippen LogP contribution in [0.3, 0.4) is 0 Å². The van der Waals surface area contributed by atoms with Gasteiger partial charge in [0, 0.05) is 58.2 Å². The number of nitrogens with zero attached hydrogens (tertiary/aromatic N) is 4. The van der Waals surface area contributed by atoms with Crippen molar-refractivity contribution in [2.45, 2.75) is 19.3 Å². The lowest BCUT2D eigenvalue weighted by Gasteiger charge is -2.22. The summed E-state index contributed by atoms with van der Waals surface area (Å²) in [4.78, 5) is 36.5. The lowest BCUT2D eigenvalue weighted by atomic mass is 10.1. The third-order valence-corrected chi connectivity index (χ3v) is 5.01. The molecule has 9 nitrogen and oxygen atoms in total. The Morgan fingerprint density at radius 1 is 1.03 bits per heavy atom. The zero-order chi connectivity index (χ0) is 21.4. The molecule has 2 aromatic rings. The van der Waals surface area contributed by atoms with E-state index in [9.17, 15) is 19.7 Å². The fraction of sp³-hybridized carbons (Fsp3) is 0.500. The molecule has 158 valence electrons. The Kier molecular flexibility index (Phi) is 8.29. The van der Waals surface area contributed by atoms with Crippen LogP contribution in [0.25, 0.3) is 0 Å². The number of ether oxygens (including phenoxy) is 1. The SMILES string of the molecule is COCCN(CCCc1cc(=O)n(C)c(=O)n1C)CCc1ccc([N+](=O)[O-])cc1. The number of hydrogen-bond donors (Lipinski definition) is 0. The molecule has 9 heteroatoms. The highest BCUT2D eigenvalue weighted by molar-refractivity contribution is 5.32. The van der Waals surface area contributed by atoms with Crippen molar-refractivity contribution < 1.29 is 9.66 Å². The van der Waals surface area contributed by atoms with E-state index in [2.05, 4.69) is 4.90 Å². The summed E-state index contributed by atoms with van der Waals surface area (Å²) in [7, 11) is 4.80. The summed E-state index contributed by atoms with van der Waals surface area (Å²) in [5, 5.41) is 10.8. The van der Waals surface area contributed by atoms with Crippen molar-refractivity contribution in [1.29, 1.82) is 0 Å². The highest BCUT2D eigenvalue weighted by atomic mass is 16.6. The summed E-state index contributed by atoms with van der Waals surface area (Å²) in [5.74, 6) is 0. The number of hydrogen-bond acceptors (Lipinski definition) is 6. The summed E-state index contributed by atoms with van der Waals surface area (Å²) in [6.07, 6.45) is 2.19.